The highest BCUT2D eigenvalue weighted by Gasteiger charge is 2.18. The van der Waals surface area contributed by atoms with Gasteiger partial charge in [0.2, 0.25) is 0 Å². The van der Waals surface area contributed by atoms with Crippen LogP contribution in [0.15, 0.2) is 48.5 Å². The van der Waals surface area contributed by atoms with E-state index in [1.807, 2.05) is 38.1 Å². The summed E-state index contributed by atoms with van der Waals surface area (Å²) >= 11 is 0. The molecule has 1 amide bonds. The van der Waals surface area contributed by atoms with E-state index in [-0.39, 0.29) is 17.2 Å². The number of aryl methyl sites for hydroxylation is 1. The number of unbranched alkanes of at least 4 members (excludes halogenated alkanes) is 1. The Hall–Kier alpha value is -3.21. The molecule has 0 fully saturated rings. The molecule has 0 aliphatic carbocycles. The molecule has 0 spiro atoms. The molecule has 3 rings (SSSR count). The topological polar surface area (TPSA) is 64.0 Å². The Kier molecular flexibility index (Phi) is 6.97. The van der Waals surface area contributed by atoms with Crippen LogP contribution in [-0.4, -0.2) is 21.6 Å². The quantitative estimate of drug-likeness (QED) is 0.514. The first-order valence-electron chi connectivity index (χ1n) is 11.2. The van der Waals surface area contributed by atoms with Gasteiger partial charge in [0.25, 0.3) is 11.8 Å². The van der Waals surface area contributed by atoms with Crippen molar-refractivity contribution in [2.75, 3.05) is 5.32 Å². The third-order valence-electron chi connectivity index (χ3n) is 5.82. The van der Waals surface area contributed by atoms with Crippen LogP contribution in [0.25, 0.3) is 0 Å². The van der Waals surface area contributed by atoms with Crippen molar-refractivity contribution in [1.82, 2.24) is 9.78 Å². The monoisotopic (exact) mass is 431 g/mol. The Morgan fingerprint density at radius 3 is 2.09 bits per heavy atom. The smallest absolute Gasteiger partial charge is 0.278 e. The van der Waals surface area contributed by atoms with E-state index >= 15 is 0 Å². The van der Waals surface area contributed by atoms with E-state index in [1.165, 1.54) is 10.2 Å². The third kappa shape index (κ3) is 5.16. The second-order valence-electron chi connectivity index (χ2n) is 9.33. The van der Waals surface area contributed by atoms with E-state index in [0.717, 1.165) is 36.2 Å². The van der Waals surface area contributed by atoms with Gasteiger partial charge in [0, 0.05) is 22.5 Å². The minimum Gasteiger partial charge on any atom is -0.322 e. The summed E-state index contributed by atoms with van der Waals surface area (Å²) in [6, 6.07) is 14.6. The number of benzene rings is 2. The summed E-state index contributed by atoms with van der Waals surface area (Å²) in [4.78, 5) is 25.6. The molecular weight excluding hydrogens is 398 g/mol. The Balaban J connectivity index is 1.71. The van der Waals surface area contributed by atoms with Crippen LogP contribution in [0, 0.1) is 13.8 Å². The van der Waals surface area contributed by atoms with Gasteiger partial charge >= 0.3 is 0 Å². The van der Waals surface area contributed by atoms with Crippen LogP contribution in [0.5, 0.6) is 0 Å². The second-order valence-corrected chi connectivity index (χ2v) is 9.33. The summed E-state index contributed by atoms with van der Waals surface area (Å²) in [5, 5.41) is 7.37. The number of nitrogens with zero attached hydrogens (tertiary/aromatic N) is 2. The molecule has 1 aromatic heterocycles. The van der Waals surface area contributed by atoms with Gasteiger partial charge in [-0.1, -0.05) is 46.2 Å². The van der Waals surface area contributed by atoms with Crippen molar-refractivity contribution in [1.29, 1.82) is 0 Å². The molecule has 32 heavy (non-hydrogen) atoms. The number of hydrogen-bond donors (Lipinski definition) is 1. The molecular formula is C27H33N3O2. The fourth-order valence-corrected chi connectivity index (χ4v) is 3.73. The fraction of sp³-hybridized carbons (Fsp3) is 0.370. The molecule has 3 aromatic rings. The highest BCUT2D eigenvalue weighted by molar-refractivity contribution is 6.04. The van der Waals surface area contributed by atoms with Crippen molar-refractivity contribution in [3.05, 3.63) is 82.2 Å². The molecule has 168 valence electrons. The van der Waals surface area contributed by atoms with Gasteiger partial charge in [-0.25, -0.2) is 4.68 Å². The molecule has 0 atom stereocenters. The number of amides is 1. The zero-order valence-electron chi connectivity index (χ0n) is 20.0. The molecule has 0 aliphatic rings. The number of hydrogen-bond acceptors (Lipinski definition) is 3. The van der Waals surface area contributed by atoms with Crippen molar-refractivity contribution < 1.29 is 9.59 Å². The summed E-state index contributed by atoms with van der Waals surface area (Å²) in [7, 11) is 0. The lowest BCUT2D eigenvalue weighted by Crippen LogP contribution is -2.16. The molecule has 0 unspecified atom stereocenters. The molecule has 2 aromatic carbocycles. The molecule has 5 heteroatoms. The van der Waals surface area contributed by atoms with Crippen LogP contribution in [-0.2, 0) is 11.8 Å². The summed E-state index contributed by atoms with van der Waals surface area (Å²) in [6.45, 7) is 12.5. The Morgan fingerprint density at radius 2 is 1.53 bits per heavy atom. The van der Waals surface area contributed by atoms with Crippen LogP contribution in [0.4, 0.5) is 5.69 Å². The van der Waals surface area contributed by atoms with Gasteiger partial charge in [0.05, 0.1) is 5.69 Å². The SMILES string of the molecule is CCCCc1c(C)nn(C(=O)c2ccc(NC(=O)c3ccc(C(C)(C)C)cc3)cc2)c1C. The zero-order valence-corrected chi connectivity index (χ0v) is 20.0. The lowest BCUT2D eigenvalue weighted by atomic mass is 9.87. The lowest BCUT2D eigenvalue weighted by Gasteiger charge is -2.19. The van der Waals surface area contributed by atoms with Gasteiger partial charge in [-0.3, -0.25) is 9.59 Å². The van der Waals surface area contributed by atoms with Gasteiger partial charge in [-0.05, 0) is 79.6 Å². The molecule has 1 heterocycles. The number of carbonyl (C=O) groups is 2. The molecule has 1 N–H and O–H groups in total. The highest BCUT2D eigenvalue weighted by atomic mass is 16.2. The summed E-state index contributed by atoms with van der Waals surface area (Å²) in [6.07, 6.45) is 3.12. The van der Waals surface area contributed by atoms with Crippen molar-refractivity contribution in [2.24, 2.45) is 0 Å². The van der Waals surface area contributed by atoms with Crippen LogP contribution < -0.4 is 5.32 Å². The van der Waals surface area contributed by atoms with E-state index in [1.54, 1.807) is 24.3 Å². The molecule has 0 saturated carbocycles. The molecule has 0 radical (unpaired) electrons. The molecule has 5 nitrogen and oxygen atoms in total. The highest BCUT2D eigenvalue weighted by Crippen LogP contribution is 2.23. The number of aromatic nitrogens is 2. The number of rotatable bonds is 6. The largest absolute Gasteiger partial charge is 0.322 e. The van der Waals surface area contributed by atoms with E-state index in [2.05, 4.69) is 38.1 Å². The molecule has 0 bridgehead atoms. The van der Waals surface area contributed by atoms with E-state index < -0.39 is 0 Å². The maximum absolute atomic E-state index is 13.0. The minimum atomic E-state index is -0.177. The van der Waals surface area contributed by atoms with Crippen molar-refractivity contribution >= 4 is 17.5 Å². The molecule has 0 aliphatic heterocycles. The van der Waals surface area contributed by atoms with Crippen LogP contribution in [0.3, 0.4) is 0 Å². The van der Waals surface area contributed by atoms with E-state index in [0.29, 0.717) is 16.8 Å². The zero-order chi connectivity index (χ0) is 23.5. The fourth-order valence-electron chi connectivity index (χ4n) is 3.73. The number of nitrogens with one attached hydrogen (secondary N) is 1. The first-order valence-corrected chi connectivity index (χ1v) is 11.2. The van der Waals surface area contributed by atoms with Crippen LogP contribution >= 0.6 is 0 Å². The van der Waals surface area contributed by atoms with Crippen LogP contribution in [0.1, 0.15) is 83.8 Å². The average molecular weight is 432 g/mol. The Morgan fingerprint density at radius 1 is 0.938 bits per heavy atom. The summed E-state index contributed by atoms with van der Waals surface area (Å²) in [5.74, 6) is -0.340. The Bertz CT molecular complexity index is 1100. The summed E-state index contributed by atoms with van der Waals surface area (Å²) in [5.41, 5.74) is 5.96. The second kappa shape index (κ2) is 9.51. The van der Waals surface area contributed by atoms with E-state index in [4.69, 9.17) is 0 Å². The van der Waals surface area contributed by atoms with Crippen molar-refractivity contribution in [3.8, 4) is 0 Å². The van der Waals surface area contributed by atoms with Crippen molar-refractivity contribution in [2.45, 2.75) is 66.2 Å². The lowest BCUT2D eigenvalue weighted by molar-refractivity contribution is 0.0941. The number of carbonyl (C=O) groups excluding carboxylic acids is 2. The van der Waals surface area contributed by atoms with Gasteiger partial charge in [-0.2, -0.15) is 5.10 Å². The van der Waals surface area contributed by atoms with Gasteiger partial charge in [0.15, 0.2) is 0 Å². The third-order valence-corrected chi connectivity index (χ3v) is 5.82. The maximum atomic E-state index is 13.0. The first-order chi connectivity index (χ1) is 15.1. The van der Waals surface area contributed by atoms with Gasteiger partial charge in [-0.15, -0.1) is 0 Å². The summed E-state index contributed by atoms with van der Waals surface area (Å²) < 4.78 is 1.49. The average Bonchev–Trinajstić information content (AvgIpc) is 3.05. The van der Waals surface area contributed by atoms with Gasteiger partial charge < -0.3 is 5.32 Å². The van der Waals surface area contributed by atoms with E-state index in [9.17, 15) is 9.59 Å². The standard InChI is InChI=1S/C27H33N3O2/c1-7-8-9-24-18(2)29-30(19(24)3)26(32)21-12-16-23(17-13-21)28-25(31)20-10-14-22(15-11-20)27(4,5)6/h10-17H,7-9H2,1-6H3,(H,28,31). The van der Waals surface area contributed by atoms with Crippen molar-refractivity contribution in [3.63, 3.8) is 0 Å². The van der Waals surface area contributed by atoms with Crippen LogP contribution in [0.2, 0.25) is 0 Å². The Labute approximate surface area is 190 Å². The normalized spacial score (nSPS) is 11.4. The number of anilines is 1. The first kappa shape index (κ1) is 23.5. The van der Waals surface area contributed by atoms with Gasteiger partial charge in [0.1, 0.15) is 0 Å². The minimum absolute atomic E-state index is 0.0413. The predicted octanol–water partition coefficient (Wildman–Crippen LogP) is 6.08. The maximum Gasteiger partial charge on any atom is 0.278 e. The predicted molar refractivity (Wildman–Crippen MR) is 130 cm³/mol. The molecule has 0 saturated heterocycles.